The summed E-state index contributed by atoms with van der Waals surface area (Å²) in [6.45, 7) is 2.66. The maximum atomic E-state index is 6.79. The number of nitrogens with one attached hydrogen (secondary N) is 2. The minimum Gasteiger partial charge on any atom is -0.348 e. The summed E-state index contributed by atoms with van der Waals surface area (Å²) in [5, 5.41) is 12.5. The smallest absolute Gasteiger partial charge is 0.0918 e. The Bertz CT molecular complexity index is 1520. The summed E-state index contributed by atoms with van der Waals surface area (Å²) >= 11 is 0. The number of hydrogen-bond acceptors (Lipinski definition) is 4. The maximum Gasteiger partial charge on any atom is 0.0918 e. The van der Waals surface area contributed by atoms with Crippen molar-refractivity contribution in [2.75, 3.05) is 26.3 Å². The quantitative estimate of drug-likeness (QED) is 0.0770. The zero-order valence-corrected chi connectivity index (χ0v) is 28.8. The first-order valence-corrected chi connectivity index (χ1v) is 19.0. The van der Waals surface area contributed by atoms with Crippen molar-refractivity contribution in [3.63, 3.8) is 0 Å². The molecule has 0 aliphatic carbocycles. The van der Waals surface area contributed by atoms with E-state index in [9.17, 15) is 0 Å². The molecule has 4 nitrogen and oxygen atoms in total. The first kappa shape index (κ1) is 33.9. The summed E-state index contributed by atoms with van der Waals surface area (Å²) in [7, 11) is -1.91. The average Bonchev–Trinajstić information content (AvgIpc) is 3.17. The van der Waals surface area contributed by atoms with Crippen LogP contribution < -0.4 is 31.9 Å². The molecule has 0 radical (unpaired) electrons. The molecule has 0 heterocycles. The normalized spacial score (nSPS) is 12.6. The maximum absolute atomic E-state index is 6.79. The van der Waals surface area contributed by atoms with E-state index in [-0.39, 0.29) is 12.1 Å². The molecule has 6 aromatic rings. The van der Waals surface area contributed by atoms with Crippen LogP contribution in [0.5, 0.6) is 0 Å². The summed E-state index contributed by atoms with van der Waals surface area (Å²) in [5.74, 6) is 0. The van der Waals surface area contributed by atoms with Gasteiger partial charge in [-0.15, -0.1) is 0 Å². The molecule has 2 N–H and O–H groups in total. The van der Waals surface area contributed by atoms with Gasteiger partial charge in [0.15, 0.2) is 0 Å². The molecule has 0 aromatic heterocycles. The van der Waals surface area contributed by atoms with Gasteiger partial charge in [-0.25, -0.2) is 0 Å². The Hall–Kier alpha value is -3.98. The van der Waals surface area contributed by atoms with E-state index in [1.54, 1.807) is 0 Å². The molecule has 0 aliphatic rings. The molecule has 0 aliphatic heterocycles. The lowest BCUT2D eigenvalue weighted by Gasteiger charge is -2.26. The summed E-state index contributed by atoms with van der Waals surface area (Å²) in [5.41, 5.74) is 2.43. The van der Waals surface area contributed by atoms with Crippen molar-refractivity contribution in [2.45, 2.75) is 12.1 Å². The highest BCUT2D eigenvalue weighted by Crippen LogP contribution is 2.37. The second-order valence-corrected chi connectivity index (χ2v) is 15.1. The summed E-state index contributed by atoms with van der Waals surface area (Å²) in [6.07, 6.45) is 0. The van der Waals surface area contributed by atoms with Gasteiger partial charge >= 0.3 is 0 Å². The predicted octanol–water partition coefficient (Wildman–Crippen LogP) is 7.78. The van der Waals surface area contributed by atoms with E-state index in [0.29, 0.717) is 13.2 Å². The van der Waals surface area contributed by atoms with Crippen LogP contribution >= 0.6 is 16.3 Å². The predicted molar refractivity (Wildman–Crippen MR) is 204 cm³/mol. The van der Waals surface area contributed by atoms with E-state index in [0.717, 1.165) is 13.1 Å². The summed E-state index contributed by atoms with van der Waals surface area (Å²) < 4.78 is 13.6. The standard InChI is InChI=1S/C42H42N2O2P2/c1-7-19-35(20-8-1)41(33-45-47(37-23-11-3-12-24-37)38-25-13-4-14-26-38)43-31-32-44-42(36-21-9-2-10-22-36)34-46-48(39-27-15-5-16-28-39)40-29-17-6-18-30-40/h1-30,41-44H,31-34H2/t41-,42-/m1/s1. The van der Waals surface area contributed by atoms with Crippen molar-refractivity contribution in [3.05, 3.63) is 193 Å². The van der Waals surface area contributed by atoms with Crippen LogP contribution in [0.4, 0.5) is 0 Å². The van der Waals surface area contributed by atoms with Gasteiger partial charge in [0.1, 0.15) is 0 Å². The molecule has 242 valence electrons. The summed E-state index contributed by atoms with van der Waals surface area (Å²) in [6, 6.07) is 63.6. The zero-order chi connectivity index (χ0) is 32.6. The van der Waals surface area contributed by atoms with E-state index in [2.05, 4.69) is 193 Å². The van der Waals surface area contributed by atoms with E-state index >= 15 is 0 Å². The van der Waals surface area contributed by atoms with Crippen molar-refractivity contribution in [1.29, 1.82) is 0 Å². The minimum atomic E-state index is -0.953. The highest BCUT2D eigenvalue weighted by atomic mass is 31.1. The fourth-order valence-electron chi connectivity index (χ4n) is 5.56. The molecule has 0 saturated carbocycles. The monoisotopic (exact) mass is 668 g/mol. The second kappa shape index (κ2) is 18.5. The van der Waals surface area contributed by atoms with Gasteiger partial charge in [-0.05, 0) is 11.1 Å². The van der Waals surface area contributed by atoms with E-state index in [4.69, 9.17) is 9.05 Å². The third kappa shape index (κ3) is 9.78. The van der Waals surface area contributed by atoms with E-state index < -0.39 is 16.3 Å². The SMILES string of the molecule is c1ccc([C@@H](COP(c2ccccc2)c2ccccc2)NCCN[C@H](COP(c2ccccc2)c2ccccc2)c2ccccc2)cc1. The van der Waals surface area contributed by atoms with E-state index in [1.165, 1.54) is 32.3 Å². The second-order valence-electron chi connectivity index (χ2n) is 11.4. The van der Waals surface area contributed by atoms with Crippen molar-refractivity contribution < 1.29 is 9.05 Å². The van der Waals surface area contributed by atoms with Gasteiger partial charge in [-0.3, -0.25) is 0 Å². The number of rotatable bonds is 17. The molecule has 0 unspecified atom stereocenters. The summed E-state index contributed by atoms with van der Waals surface area (Å²) in [4.78, 5) is 0. The molecule has 0 amide bonds. The van der Waals surface area contributed by atoms with E-state index in [1.807, 2.05) is 0 Å². The minimum absolute atomic E-state index is 0.0425. The number of hydrogen-bond donors (Lipinski definition) is 2. The Morgan fingerprint density at radius 3 is 0.875 bits per heavy atom. The molecule has 48 heavy (non-hydrogen) atoms. The van der Waals surface area contributed by atoms with Crippen LogP contribution in [-0.4, -0.2) is 26.3 Å². The third-order valence-corrected chi connectivity index (χ3v) is 11.9. The first-order chi connectivity index (χ1) is 23.8. The fraction of sp³-hybridized carbons (Fsp3) is 0.143. The van der Waals surface area contributed by atoms with Crippen LogP contribution in [0.2, 0.25) is 0 Å². The largest absolute Gasteiger partial charge is 0.348 e. The average molecular weight is 669 g/mol. The van der Waals surface area contributed by atoms with Crippen LogP contribution in [0, 0.1) is 0 Å². The first-order valence-electron chi connectivity index (χ1n) is 16.5. The third-order valence-electron chi connectivity index (χ3n) is 8.01. The Kier molecular flexibility index (Phi) is 13.1. The molecule has 0 bridgehead atoms. The Balaban J connectivity index is 1.12. The molecule has 0 fully saturated rings. The van der Waals surface area contributed by atoms with Crippen molar-refractivity contribution in [2.24, 2.45) is 0 Å². The molecular weight excluding hydrogens is 626 g/mol. The van der Waals surface area contributed by atoms with Crippen LogP contribution in [0.15, 0.2) is 182 Å². The van der Waals surface area contributed by atoms with Crippen molar-refractivity contribution >= 4 is 37.5 Å². The van der Waals surface area contributed by atoms with Crippen LogP contribution in [0.25, 0.3) is 0 Å². The van der Waals surface area contributed by atoms with Gasteiger partial charge in [0, 0.05) is 34.3 Å². The lowest BCUT2D eigenvalue weighted by molar-refractivity contribution is 0.283. The Morgan fingerprint density at radius 2 is 0.604 bits per heavy atom. The van der Waals surface area contributed by atoms with Gasteiger partial charge in [-0.1, -0.05) is 182 Å². The molecular formula is C42H42N2O2P2. The fourth-order valence-corrected chi connectivity index (χ4v) is 9.12. The van der Waals surface area contributed by atoms with Crippen LogP contribution in [-0.2, 0) is 9.05 Å². The van der Waals surface area contributed by atoms with Gasteiger partial charge < -0.3 is 19.7 Å². The number of benzene rings is 6. The topological polar surface area (TPSA) is 42.5 Å². The molecule has 0 saturated heterocycles. The Morgan fingerprint density at radius 1 is 0.354 bits per heavy atom. The van der Waals surface area contributed by atoms with Gasteiger partial charge in [-0.2, -0.15) is 0 Å². The molecule has 2 atom stereocenters. The molecule has 6 aromatic carbocycles. The van der Waals surface area contributed by atoms with Gasteiger partial charge in [0.25, 0.3) is 0 Å². The molecule has 6 heteroatoms. The lowest BCUT2D eigenvalue weighted by atomic mass is 10.1. The highest BCUT2D eigenvalue weighted by Gasteiger charge is 2.21. The highest BCUT2D eigenvalue weighted by molar-refractivity contribution is 7.68. The molecule has 0 spiro atoms. The van der Waals surface area contributed by atoms with Crippen molar-refractivity contribution in [3.8, 4) is 0 Å². The molecule has 6 rings (SSSR count). The van der Waals surface area contributed by atoms with Crippen molar-refractivity contribution in [1.82, 2.24) is 10.6 Å². The Labute approximate surface area is 287 Å². The zero-order valence-electron chi connectivity index (χ0n) is 27.0. The van der Waals surface area contributed by atoms with Crippen LogP contribution in [0.1, 0.15) is 23.2 Å². The lowest BCUT2D eigenvalue weighted by Crippen LogP contribution is -2.35. The van der Waals surface area contributed by atoms with Gasteiger partial charge in [0.2, 0.25) is 0 Å². The van der Waals surface area contributed by atoms with Crippen LogP contribution in [0.3, 0.4) is 0 Å². The van der Waals surface area contributed by atoms with Gasteiger partial charge in [0.05, 0.1) is 41.6 Å².